The molecule has 21 heavy (non-hydrogen) atoms. The second-order valence-corrected chi connectivity index (χ2v) is 8.27. The highest BCUT2D eigenvalue weighted by atomic mass is 32.2. The van der Waals surface area contributed by atoms with E-state index in [0.717, 1.165) is 25.1 Å². The zero-order valence-corrected chi connectivity index (χ0v) is 12.2. The van der Waals surface area contributed by atoms with Gasteiger partial charge >= 0.3 is 5.51 Å². The average Bonchev–Trinajstić information content (AvgIpc) is 2.30. The molecule has 1 aromatic carbocycles. The Kier molecular flexibility index (Phi) is 3.33. The van der Waals surface area contributed by atoms with E-state index in [4.69, 9.17) is 4.78 Å². The van der Waals surface area contributed by atoms with Crippen LogP contribution in [0.15, 0.2) is 29.2 Å². The van der Waals surface area contributed by atoms with Gasteiger partial charge < -0.3 is 5.32 Å². The first-order valence-electron chi connectivity index (χ1n) is 6.87. The third-order valence-corrected chi connectivity index (χ3v) is 6.14. The van der Waals surface area contributed by atoms with Crippen LogP contribution in [0.5, 0.6) is 0 Å². The Morgan fingerprint density at radius 3 is 2.24 bits per heavy atom. The monoisotopic (exact) mass is 318 g/mol. The Hall–Kier alpha value is -1.08. The quantitative estimate of drug-likeness (QED) is 0.899. The zero-order valence-electron chi connectivity index (χ0n) is 11.4. The van der Waals surface area contributed by atoms with Crippen LogP contribution in [0.4, 0.5) is 13.2 Å². The van der Waals surface area contributed by atoms with E-state index in [1.54, 1.807) is 12.1 Å². The molecule has 1 saturated carbocycles. The van der Waals surface area contributed by atoms with Crippen LogP contribution in [0.2, 0.25) is 0 Å². The summed E-state index contributed by atoms with van der Waals surface area (Å²) in [5.74, 6) is 0.584. The van der Waals surface area contributed by atoms with Crippen molar-refractivity contribution in [2.75, 3.05) is 13.1 Å². The molecule has 0 radical (unpaired) electrons. The molecular weight excluding hydrogens is 301 g/mol. The van der Waals surface area contributed by atoms with Gasteiger partial charge in [0.05, 0.1) is 4.90 Å². The number of alkyl halides is 3. The predicted octanol–water partition coefficient (Wildman–Crippen LogP) is 3.15. The molecule has 1 aliphatic heterocycles. The van der Waals surface area contributed by atoms with Crippen molar-refractivity contribution < 1.29 is 17.4 Å². The molecule has 1 heterocycles. The maximum atomic E-state index is 12.6. The van der Waals surface area contributed by atoms with E-state index < -0.39 is 20.1 Å². The van der Waals surface area contributed by atoms with Gasteiger partial charge in [0.25, 0.3) is 0 Å². The fourth-order valence-electron chi connectivity index (χ4n) is 3.36. The van der Waals surface area contributed by atoms with E-state index in [2.05, 4.69) is 5.32 Å². The van der Waals surface area contributed by atoms with Gasteiger partial charge in [-0.2, -0.15) is 13.2 Å². The van der Waals surface area contributed by atoms with E-state index >= 15 is 0 Å². The van der Waals surface area contributed by atoms with Crippen molar-refractivity contribution in [1.82, 2.24) is 5.32 Å². The molecule has 1 aromatic rings. The largest absolute Gasteiger partial charge is 0.483 e. The fourth-order valence-corrected chi connectivity index (χ4v) is 4.15. The Bertz CT molecular complexity index is 625. The van der Waals surface area contributed by atoms with E-state index in [1.807, 2.05) is 0 Å². The Morgan fingerprint density at radius 1 is 1.24 bits per heavy atom. The SMILES string of the molecule is N=[S@](=O)(c1ccc(CC2CC3(CNC3)C2)cc1)C(F)(F)F. The van der Waals surface area contributed by atoms with Gasteiger partial charge in [-0.3, -0.25) is 0 Å². The third-order valence-electron chi connectivity index (χ3n) is 4.55. The van der Waals surface area contributed by atoms with Crippen LogP contribution in [-0.4, -0.2) is 22.8 Å². The molecule has 1 atom stereocenters. The van der Waals surface area contributed by atoms with Crippen molar-refractivity contribution >= 4 is 9.73 Å². The number of benzene rings is 1. The van der Waals surface area contributed by atoms with Gasteiger partial charge in [0.2, 0.25) is 0 Å². The molecule has 1 aliphatic carbocycles. The van der Waals surface area contributed by atoms with Crippen molar-refractivity contribution in [3.05, 3.63) is 29.8 Å². The van der Waals surface area contributed by atoms with Crippen LogP contribution in [0.3, 0.4) is 0 Å². The number of halogens is 3. The maximum absolute atomic E-state index is 12.6. The van der Waals surface area contributed by atoms with E-state index in [1.165, 1.54) is 25.0 Å². The molecule has 0 unspecified atom stereocenters. The van der Waals surface area contributed by atoms with Crippen LogP contribution < -0.4 is 5.32 Å². The molecule has 0 bridgehead atoms. The molecule has 2 fully saturated rings. The van der Waals surface area contributed by atoms with Crippen molar-refractivity contribution in [1.29, 1.82) is 4.78 Å². The minimum absolute atomic E-state index is 0.466. The minimum Gasteiger partial charge on any atom is -0.316 e. The summed E-state index contributed by atoms with van der Waals surface area (Å²) < 4.78 is 56.2. The predicted molar refractivity (Wildman–Crippen MR) is 73.4 cm³/mol. The smallest absolute Gasteiger partial charge is 0.316 e. The first kappa shape index (κ1) is 14.8. The van der Waals surface area contributed by atoms with Crippen molar-refractivity contribution in [2.45, 2.75) is 29.7 Å². The number of rotatable bonds is 3. The molecule has 1 saturated heterocycles. The Morgan fingerprint density at radius 2 is 1.81 bits per heavy atom. The topological polar surface area (TPSA) is 53.0 Å². The van der Waals surface area contributed by atoms with Crippen LogP contribution in [0, 0.1) is 16.1 Å². The molecular formula is C14H17F3N2OS. The lowest BCUT2D eigenvalue weighted by molar-refractivity contribution is -0.0406. The molecule has 2 N–H and O–H groups in total. The molecule has 0 aromatic heterocycles. The summed E-state index contributed by atoms with van der Waals surface area (Å²) >= 11 is 0. The molecule has 3 nitrogen and oxygen atoms in total. The van der Waals surface area contributed by atoms with Crippen molar-refractivity contribution in [3.8, 4) is 0 Å². The van der Waals surface area contributed by atoms with Crippen LogP contribution in [0.1, 0.15) is 18.4 Å². The third kappa shape index (κ3) is 2.57. The van der Waals surface area contributed by atoms with Gasteiger partial charge in [0.1, 0.15) is 0 Å². The van der Waals surface area contributed by atoms with Crippen LogP contribution in [0.25, 0.3) is 0 Å². The standard InChI is InChI=1S/C14H17F3N2OS/c15-14(16,17)21(18,20)12-3-1-10(2-4-12)5-11-6-13(7-11)8-19-9-13/h1-4,11,18-19H,5-9H2/t21-/m0/s1. The second-order valence-electron chi connectivity index (χ2n) is 6.23. The Labute approximate surface area is 121 Å². The summed E-state index contributed by atoms with van der Waals surface area (Å²) in [6.07, 6.45) is 3.17. The minimum atomic E-state index is -5.02. The van der Waals surface area contributed by atoms with Crippen LogP contribution >= 0.6 is 0 Å². The van der Waals surface area contributed by atoms with Crippen molar-refractivity contribution in [3.63, 3.8) is 0 Å². The van der Waals surface area contributed by atoms with Gasteiger partial charge in [-0.1, -0.05) is 12.1 Å². The summed E-state index contributed by atoms with van der Waals surface area (Å²) in [5, 5.41) is 3.27. The highest BCUT2D eigenvalue weighted by Gasteiger charge is 2.48. The molecule has 116 valence electrons. The molecule has 3 rings (SSSR count). The van der Waals surface area contributed by atoms with Crippen LogP contribution in [-0.2, 0) is 16.1 Å². The van der Waals surface area contributed by atoms with Gasteiger partial charge in [-0.05, 0) is 48.3 Å². The van der Waals surface area contributed by atoms with Gasteiger partial charge in [0, 0.05) is 13.1 Å². The van der Waals surface area contributed by atoms with Gasteiger partial charge in [-0.15, -0.1) is 0 Å². The lowest BCUT2D eigenvalue weighted by Crippen LogP contribution is -2.60. The maximum Gasteiger partial charge on any atom is 0.483 e. The number of hydrogen-bond acceptors (Lipinski definition) is 3. The Balaban J connectivity index is 1.65. The van der Waals surface area contributed by atoms with Crippen molar-refractivity contribution in [2.24, 2.45) is 11.3 Å². The second kappa shape index (κ2) is 4.71. The zero-order chi connectivity index (χ0) is 15.3. The molecule has 1 spiro atoms. The highest BCUT2D eigenvalue weighted by molar-refractivity contribution is 7.93. The highest BCUT2D eigenvalue weighted by Crippen LogP contribution is 2.49. The van der Waals surface area contributed by atoms with Gasteiger partial charge in [-0.25, -0.2) is 8.99 Å². The first-order valence-corrected chi connectivity index (χ1v) is 8.43. The lowest BCUT2D eigenvalue weighted by Gasteiger charge is -2.54. The average molecular weight is 318 g/mol. The lowest BCUT2D eigenvalue weighted by atomic mass is 9.57. The number of hydrogen-bond donors (Lipinski definition) is 2. The van der Waals surface area contributed by atoms with E-state index in [9.17, 15) is 17.4 Å². The summed E-state index contributed by atoms with van der Waals surface area (Å²) in [7, 11) is -4.73. The summed E-state index contributed by atoms with van der Waals surface area (Å²) in [6, 6.07) is 5.49. The molecule has 0 amide bonds. The fraction of sp³-hybridized carbons (Fsp3) is 0.571. The summed E-state index contributed by atoms with van der Waals surface area (Å²) in [5.41, 5.74) is -3.59. The van der Waals surface area contributed by atoms with E-state index in [-0.39, 0.29) is 0 Å². The van der Waals surface area contributed by atoms with E-state index in [0.29, 0.717) is 11.3 Å². The number of nitrogens with one attached hydrogen (secondary N) is 2. The molecule has 2 aliphatic rings. The normalized spacial score (nSPS) is 24.1. The summed E-state index contributed by atoms with van der Waals surface area (Å²) in [4.78, 5) is -0.466. The summed E-state index contributed by atoms with van der Waals surface area (Å²) in [6.45, 7) is 2.16. The van der Waals surface area contributed by atoms with Gasteiger partial charge in [0.15, 0.2) is 9.73 Å². The molecule has 7 heteroatoms. The first-order chi connectivity index (χ1) is 9.72.